The number of nitrogens with one attached hydrogen (secondary N) is 1. The van der Waals surface area contributed by atoms with E-state index < -0.39 is 16.0 Å². The van der Waals surface area contributed by atoms with Crippen LogP contribution in [0.3, 0.4) is 0 Å². The van der Waals surface area contributed by atoms with Crippen LogP contribution in [0.4, 0.5) is 15.8 Å². The molecule has 3 aromatic rings. The minimum Gasteiger partial charge on any atom is -0.478 e. The fraction of sp³-hybridized carbons (Fsp3) is 0.227. The molecule has 0 atom stereocenters. The van der Waals surface area contributed by atoms with Crippen LogP contribution < -0.4 is 9.62 Å². The van der Waals surface area contributed by atoms with Gasteiger partial charge >= 0.3 is 5.97 Å². The van der Waals surface area contributed by atoms with E-state index in [2.05, 4.69) is 9.62 Å². The predicted molar refractivity (Wildman–Crippen MR) is 122 cm³/mol. The Labute approximate surface area is 189 Å². The lowest BCUT2D eigenvalue weighted by Gasteiger charge is -2.37. The van der Waals surface area contributed by atoms with E-state index in [1.165, 1.54) is 24.3 Å². The molecule has 1 fully saturated rings. The number of hydrogen-bond acceptors (Lipinski definition) is 6. The molecule has 168 valence electrons. The van der Waals surface area contributed by atoms with Crippen LogP contribution in [0.15, 0.2) is 64.2 Å². The normalized spacial score (nSPS) is 15.0. The van der Waals surface area contributed by atoms with Gasteiger partial charge in [0.15, 0.2) is 0 Å². The van der Waals surface area contributed by atoms with E-state index in [-0.39, 0.29) is 21.3 Å². The van der Waals surface area contributed by atoms with Gasteiger partial charge in [-0.1, -0.05) is 24.3 Å². The van der Waals surface area contributed by atoms with Gasteiger partial charge in [-0.05, 0) is 35.7 Å². The first-order valence-corrected chi connectivity index (χ1v) is 12.3. The number of carboxylic acids is 1. The van der Waals surface area contributed by atoms with Crippen molar-refractivity contribution in [3.63, 3.8) is 0 Å². The molecule has 1 aliphatic rings. The smallest absolute Gasteiger partial charge is 0.335 e. The Balaban J connectivity index is 1.53. The summed E-state index contributed by atoms with van der Waals surface area (Å²) in [4.78, 5) is 15.6. The number of anilines is 2. The Morgan fingerprint density at radius 2 is 1.81 bits per heavy atom. The summed E-state index contributed by atoms with van der Waals surface area (Å²) in [7, 11) is -3.83. The fourth-order valence-corrected chi connectivity index (χ4v) is 5.71. The molecule has 4 rings (SSSR count). The van der Waals surface area contributed by atoms with E-state index >= 15 is 0 Å². The first-order chi connectivity index (χ1) is 15.3. The minimum absolute atomic E-state index is 0.00387. The summed E-state index contributed by atoms with van der Waals surface area (Å²) in [5.41, 5.74) is 1.47. The molecule has 0 amide bonds. The summed E-state index contributed by atoms with van der Waals surface area (Å²) in [6, 6.07) is 14.3. The molecular formula is C22H22FN3O4S2. The number of halogens is 1. The number of aromatic carboxylic acids is 1. The molecular weight excluding hydrogens is 453 g/mol. The third-order valence-electron chi connectivity index (χ3n) is 5.31. The summed E-state index contributed by atoms with van der Waals surface area (Å²) < 4.78 is 42.2. The van der Waals surface area contributed by atoms with Crippen molar-refractivity contribution in [2.75, 3.05) is 35.8 Å². The van der Waals surface area contributed by atoms with Gasteiger partial charge in [-0.3, -0.25) is 9.62 Å². The maximum Gasteiger partial charge on any atom is 0.335 e. The van der Waals surface area contributed by atoms with E-state index in [0.717, 1.165) is 11.3 Å². The SMILES string of the molecule is O=C(O)c1ccc(N2CCN(Cc3ccccc3F)CC2)c(NS(=O)(=O)c2cccs2)c1. The molecule has 1 aromatic heterocycles. The zero-order valence-corrected chi connectivity index (χ0v) is 18.7. The van der Waals surface area contributed by atoms with Gasteiger partial charge < -0.3 is 10.0 Å². The van der Waals surface area contributed by atoms with Crippen molar-refractivity contribution >= 4 is 38.7 Å². The lowest BCUT2D eigenvalue weighted by atomic mass is 10.1. The second-order valence-electron chi connectivity index (χ2n) is 7.43. The Bertz CT molecular complexity index is 1210. The molecule has 32 heavy (non-hydrogen) atoms. The predicted octanol–water partition coefficient (Wildman–Crippen LogP) is 3.71. The van der Waals surface area contributed by atoms with Gasteiger partial charge in [-0.25, -0.2) is 17.6 Å². The number of rotatable bonds is 7. The maximum atomic E-state index is 14.0. The highest BCUT2D eigenvalue weighted by Crippen LogP contribution is 2.31. The van der Waals surface area contributed by atoms with Crippen LogP contribution in [-0.4, -0.2) is 50.6 Å². The largest absolute Gasteiger partial charge is 0.478 e. The summed E-state index contributed by atoms with van der Waals surface area (Å²) in [5, 5.41) is 11.0. The summed E-state index contributed by atoms with van der Waals surface area (Å²) in [6.07, 6.45) is 0. The fourth-order valence-electron chi connectivity index (χ4n) is 3.65. The van der Waals surface area contributed by atoms with Crippen molar-refractivity contribution in [3.05, 3.63) is 76.9 Å². The van der Waals surface area contributed by atoms with Gasteiger partial charge in [0, 0.05) is 38.3 Å². The van der Waals surface area contributed by atoms with E-state index in [1.54, 1.807) is 29.6 Å². The van der Waals surface area contributed by atoms with Crippen LogP contribution >= 0.6 is 11.3 Å². The van der Waals surface area contributed by atoms with Crippen molar-refractivity contribution in [1.29, 1.82) is 0 Å². The van der Waals surface area contributed by atoms with Crippen molar-refractivity contribution in [1.82, 2.24) is 4.90 Å². The van der Waals surface area contributed by atoms with Gasteiger partial charge in [0.2, 0.25) is 0 Å². The molecule has 0 bridgehead atoms. The summed E-state index contributed by atoms with van der Waals surface area (Å²) in [6.45, 7) is 3.00. The van der Waals surface area contributed by atoms with Gasteiger partial charge in [-0.2, -0.15) is 0 Å². The van der Waals surface area contributed by atoms with Crippen LogP contribution in [-0.2, 0) is 16.6 Å². The highest BCUT2D eigenvalue weighted by atomic mass is 32.2. The van der Waals surface area contributed by atoms with Crippen LogP contribution in [0.1, 0.15) is 15.9 Å². The van der Waals surface area contributed by atoms with Crippen LogP contribution in [0.5, 0.6) is 0 Å². The Kier molecular flexibility index (Phi) is 6.45. The van der Waals surface area contributed by atoms with Crippen LogP contribution in [0.25, 0.3) is 0 Å². The molecule has 0 saturated carbocycles. The van der Waals surface area contributed by atoms with Crippen molar-refractivity contribution in [3.8, 4) is 0 Å². The third kappa shape index (κ3) is 4.93. The third-order valence-corrected chi connectivity index (χ3v) is 8.08. The molecule has 0 aliphatic carbocycles. The molecule has 7 nitrogen and oxygen atoms in total. The quantitative estimate of drug-likeness (QED) is 0.542. The monoisotopic (exact) mass is 475 g/mol. The second kappa shape index (κ2) is 9.27. The molecule has 0 spiro atoms. The number of hydrogen-bond donors (Lipinski definition) is 2. The van der Waals surface area contributed by atoms with Crippen LogP contribution in [0.2, 0.25) is 0 Å². The topological polar surface area (TPSA) is 89.9 Å². The summed E-state index contributed by atoms with van der Waals surface area (Å²) in [5.74, 6) is -1.37. The van der Waals surface area contributed by atoms with Crippen molar-refractivity contribution < 1.29 is 22.7 Å². The first-order valence-electron chi connectivity index (χ1n) is 9.98. The van der Waals surface area contributed by atoms with Crippen molar-refractivity contribution in [2.24, 2.45) is 0 Å². The number of sulfonamides is 1. The highest BCUT2D eigenvalue weighted by molar-refractivity contribution is 7.94. The van der Waals surface area contributed by atoms with E-state index in [0.29, 0.717) is 44.0 Å². The molecule has 0 unspecified atom stereocenters. The molecule has 10 heteroatoms. The Morgan fingerprint density at radius 3 is 2.47 bits per heavy atom. The van der Waals surface area contributed by atoms with E-state index in [1.807, 2.05) is 11.0 Å². The maximum absolute atomic E-state index is 14.0. The first kappa shape index (κ1) is 22.3. The zero-order valence-electron chi connectivity index (χ0n) is 17.1. The molecule has 2 aromatic carbocycles. The summed E-state index contributed by atoms with van der Waals surface area (Å²) >= 11 is 1.09. The number of carboxylic acid groups (broad SMARTS) is 1. The zero-order chi connectivity index (χ0) is 22.7. The van der Waals surface area contributed by atoms with Crippen molar-refractivity contribution in [2.45, 2.75) is 10.8 Å². The molecule has 1 saturated heterocycles. The van der Waals surface area contributed by atoms with Gasteiger partial charge in [0.05, 0.1) is 16.9 Å². The van der Waals surface area contributed by atoms with E-state index in [4.69, 9.17) is 0 Å². The Hall–Kier alpha value is -2.95. The number of carbonyl (C=O) groups is 1. The minimum atomic E-state index is -3.83. The standard InChI is InChI=1S/C22H22FN3O4S2/c23-18-5-2-1-4-17(18)15-25-9-11-26(12-10-25)20-8-7-16(22(27)28)14-19(20)24-32(29,30)21-6-3-13-31-21/h1-8,13-14,24H,9-12,15H2,(H,27,28). The van der Waals surface area contributed by atoms with E-state index in [9.17, 15) is 22.7 Å². The number of piperazine rings is 1. The molecule has 1 aliphatic heterocycles. The van der Waals surface area contributed by atoms with Gasteiger partial charge in [-0.15, -0.1) is 11.3 Å². The average Bonchev–Trinajstić information content (AvgIpc) is 3.32. The lowest BCUT2D eigenvalue weighted by Crippen LogP contribution is -2.46. The van der Waals surface area contributed by atoms with Crippen LogP contribution in [0, 0.1) is 5.82 Å². The molecule has 2 heterocycles. The second-order valence-corrected chi connectivity index (χ2v) is 10.3. The molecule has 2 N–H and O–H groups in total. The van der Waals surface area contributed by atoms with Gasteiger partial charge in [0.25, 0.3) is 10.0 Å². The number of thiophene rings is 1. The lowest BCUT2D eigenvalue weighted by molar-refractivity contribution is 0.0697. The number of benzene rings is 2. The Morgan fingerprint density at radius 1 is 1.06 bits per heavy atom. The number of nitrogens with zero attached hydrogens (tertiary/aromatic N) is 2. The average molecular weight is 476 g/mol. The molecule has 0 radical (unpaired) electrons. The highest BCUT2D eigenvalue weighted by Gasteiger charge is 2.24. The van der Waals surface area contributed by atoms with Gasteiger partial charge in [0.1, 0.15) is 10.0 Å².